The monoisotopic (exact) mass is 602 g/mol. The predicted octanol–water partition coefficient (Wildman–Crippen LogP) is 3.85. The number of carbonyl (C=O) groups excluding carboxylic acids is 4. The second-order valence-electron chi connectivity index (χ2n) is 11.2. The van der Waals surface area contributed by atoms with Crippen LogP contribution in [0, 0.1) is 11.8 Å². The van der Waals surface area contributed by atoms with Gasteiger partial charge in [-0.3, -0.25) is 24.4 Å². The number of rotatable bonds is 17. The number of amides is 4. The van der Waals surface area contributed by atoms with Crippen LogP contribution in [0.3, 0.4) is 0 Å². The molecular formula is C31H46N4O6S. The number of hydrogen-bond donors (Lipinski definition) is 5. The first-order valence-electron chi connectivity index (χ1n) is 15.1. The van der Waals surface area contributed by atoms with Crippen LogP contribution in [0.4, 0.5) is 0 Å². The fourth-order valence-corrected chi connectivity index (χ4v) is 6.59. The van der Waals surface area contributed by atoms with Gasteiger partial charge in [-0.15, -0.1) is 11.3 Å². The molecule has 3 rings (SSSR count). The zero-order valence-corrected chi connectivity index (χ0v) is 25.6. The van der Waals surface area contributed by atoms with Crippen LogP contribution in [-0.4, -0.2) is 61.2 Å². The third-order valence-corrected chi connectivity index (χ3v) is 9.00. The lowest BCUT2D eigenvalue weighted by Crippen LogP contribution is -2.55. The number of hydroxylamine groups is 1. The Hall–Kier alpha value is -3.02. The molecular weight excluding hydrogens is 556 g/mol. The molecule has 3 atom stereocenters. The Labute approximate surface area is 252 Å². The van der Waals surface area contributed by atoms with E-state index in [0.717, 1.165) is 47.8 Å². The first-order valence-corrected chi connectivity index (χ1v) is 16.0. The van der Waals surface area contributed by atoms with Crippen molar-refractivity contribution in [1.82, 2.24) is 21.4 Å². The van der Waals surface area contributed by atoms with Crippen LogP contribution >= 0.6 is 11.3 Å². The Morgan fingerprint density at radius 2 is 1.76 bits per heavy atom. The first kappa shape index (κ1) is 33.5. The molecule has 1 aromatic carbocycles. The number of benzene rings is 1. The summed E-state index contributed by atoms with van der Waals surface area (Å²) < 4.78 is 6.15. The van der Waals surface area contributed by atoms with Gasteiger partial charge in [-0.25, -0.2) is 5.48 Å². The number of ether oxygens (including phenoxy) is 1. The minimum Gasteiger partial charge on any atom is -0.383 e. The summed E-state index contributed by atoms with van der Waals surface area (Å²) in [6.45, 7) is 2.68. The van der Waals surface area contributed by atoms with Crippen molar-refractivity contribution in [2.24, 2.45) is 11.8 Å². The molecule has 0 radical (unpaired) electrons. The van der Waals surface area contributed by atoms with Gasteiger partial charge in [0.1, 0.15) is 12.1 Å². The van der Waals surface area contributed by atoms with Crippen molar-refractivity contribution < 1.29 is 29.1 Å². The topological polar surface area (TPSA) is 146 Å². The minimum absolute atomic E-state index is 0.190. The quantitative estimate of drug-likeness (QED) is 0.106. The molecule has 1 aromatic heterocycles. The Balaban J connectivity index is 1.84. The summed E-state index contributed by atoms with van der Waals surface area (Å²) in [5, 5.41) is 20.8. The van der Waals surface area contributed by atoms with E-state index in [1.54, 1.807) is 23.9 Å². The average Bonchev–Trinajstić information content (AvgIpc) is 3.41. The molecule has 1 heterocycles. The van der Waals surface area contributed by atoms with Gasteiger partial charge in [-0.1, -0.05) is 70.1 Å². The van der Waals surface area contributed by atoms with Gasteiger partial charge < -0.3 is 20.7 Å². The fraction of sp³-hybridized carbons (Fsp3) is 0.613. The van der Waals surface area contributed by atoms with Crippen LogP contribution in [0.1, 0.15) is 76.7 Å². The molecule has 1 unspecified atom stereocenters. The maximum Gasteiger partial charge on any atom is 0.244 e. The molecule has 0 spiro atoms. The van der Waals surface area contributed by atoms with E-state index in [1.165, 1.54) is 6.42 Å². The summed E-state index contributed by atoms with van der Waals surface area (Å²) in [5.41, 5.74) is 2.53. The summed E-state index contributed by atoms with van der Waals surface area (Å²) in [6.07, 6.45) is 8.01. The molecule has 1 saturated carbocycles. The van der Waals surface area contributed by atoms with Crippen LogP contribution < -0.4 is 21.4 Å². The van der Waals surface area contributed by atoms with E-state index >= 15 is 0 Å². The smallest absolute Gasteiger partial charge is 0.244 e. The molecule has 1 aliphatic carbocycles. The zero-order valence-electron chi connectivity index (χ0n) is 24.8. The third kappa shape index (κ3) is 10.4. The molecule has 11 heteroatoms. The van der Waals surface area contributed by atoms with Crippen molar-refractivity contribution in [2.75, 3.05) is 20.3 Å². The highest BCUT2D eigenvalue weighted by molar-refractivity contribution is 7.17. The van der Waals surface area contributed by atoms with Gasteiger partial charge in [0.2, 0.25) is 23.6 Å². The van der Waals surface area contributed by atoms with E-state index in [0.29, 0.717) is 38.3 Å². The van der Waals surface area contributed by atoms with Crippen molar-refractivity contribution in [3.05, 3.63) is 35.2 Å². The highest BCUT2D eigenvalue weighted by Crippen LogP contribution is 2.29. The maximum atomic E-state index is 13.9. The Morgan fingerprint density at radius 3 is 2.48 bits per heavy atom. The summed E-state index contributed by atoms with van der Waals surface area (Å²) in [4.78, 5) is 52.5. The summed E-state index contributed by atoms with van der Waals surface area (Å²) in [6, 6.07) is 6.19. The molecule has 0 aliphatic heterocycles. The number of thiophene rings is 1. The molecule has 0 bridgehead atoms. The molecule has 42 heavy (non-hydrogen) atoms. The zero-order chi connectivity index (χ0) is 30.3. The van der Waals surface area contributed by atoms with Gasteiger partial charge in [0, 0.05) is 37.1 Å². The minimum atomic E-state index is -0.961. The molecule has 4 amide bonds. The van der Waals surface area contributed by atoms with Crippen molar-refractivity contribution in [3.8, 4) is 0 Å². The van der Waals surface area contributed by atoms with Gasteiger partial charge in [0.05, 0.1) is 6.61 Å². The summed E-state index contributed by atoms with van der Waals surface area (Å²) in [7, 11) is 1.56. The predicted molar refractivity (Wildman–Crippen MR) is 163 cm³/mol. The molecule has 5 N–H and O–H groups in total. The van der Waals surface area contributed by atoms with E-state index in [-0.39, 0.29) is 18.7 Å². The van der Waals surface area contributed by atoms with Crippen LogP contribution in [0.2, 0.25) is 0 Å². The summed E-state index contributed by atoms with van der Waals surface area (Å²) in [5.74, 6) is -2.17. The normalized spacial score (nSPS) is 15.9. The second-order valence-corrected chi connectivity index (χ2v) is 12.1. The van der Waals surface area contributed by atoms with Gasteiger partial charge in [0.25, 0.3) is 0 Å². The van der Waals surface area contributed by atoms with Gasteiger partial charge in [0.15, 0.2) is 0 Å². The Kier molecular flexibility index (Phi) is 14.2. The molecule has 1 aliphatic rings. The maximum absolute atomic E-state index is 13.9. The van der Waals surface area contributed by atoms with Crippen molar-refractivity contribution in [1.29, 1.82) is 0 Å². The van der Waals surface area contributed by atoms with Gasteiger partial charge in [-0.05, 0) is 41.2 Å². The molecule has 1 fully saturated rings. The third-order valence-electron chi connectivity index (χ3n) is 7.98. The van der Waals surface area contributed by atoms with Crippen molar-refractivity contribution in [3.63, 3.8) is 0 Å². The van der Waals surface area contributed by atoms with Crippen molar-refractivity contribution >= 4 is 45.1 Å². The molecule has 2 aromatic rings. The summed E-state index contributed by atoms with van der Waals surface area (Å²) >= 11 is 1.57. The lowest BCUT2D eigenvalue weighted by molar-refractivity contribution is -0.137. The van der Waals surface area contributed by atoms with Crippen molar-refractivity contribution in [2.45, 2.75) is 89.6 Å². The van der Waals surface area contributed by atoms with E-state index < -0.39 is 35.7 Å². The highest BCUT2D eigenvalue weighted by Gasteiger charge is 2.32. The van der Waals surface area contributed by atoms with Crippen LogP contribution in [0.5, 0.6) is 0 Å². The number of hydrogen-bond acceptors (Lipinski definition) is 7. The van der Waals surface area contributed by atoms with E-state index in [1.807, 2.05) is 36.6 Å². The van der Waals surface area contributed by atoms with E-state index in [4.69, 9.17) is 9.94 Å². The van der Waals surface area contributed by atoms with E-state index in [2.05, 4.69) is 16.0 Å². The molecule has 0 saturated heterocycles. The Morgan fingerprint density at radius 1 is 1.02 bits per heavy atom. The lowest BCUT2D eigenvalue weighted by Gasteiger charge is -2.28. The Bertz CT molecular complexity index is 1170. The standard InChI is InChI=1S/C31H46N4O6S/c1-3-4-12-22(19-28(36)35-40)29(37)33-26(18-23-20-42-27-14-9-8-13-24(23)27)31(39)34-25(30(38)32-15-16-41-2)17-21-10-6-5-7-11-21/h8-9,13-14,20-22,25-26,40H,3-7,10-12,15-19H2,1-2H3,(H,32,38)(H,33,37)(H,34,39)(H,35,36)/t22-,25+,26?/m1/s1. The van der Waals surface area contributed by atoms with Crippen LogP contribution in [0.15, 0.2) is 29.6 Å². The number of methoxy groups -OCH3 is 1. The van der Waals surface area contributed by atoms with Crippen LogP contribution in [-0.2, 0) is 30.3 Å². The number of nitrogens with one attached hydrogen (secondary N) is 4. The largest absolute Gasteiger partial charge is 0.383 e. The highest BCUT2D eigenvalue weighted by atomic mass is 32.1. The second kappa shape index (κ2) is 17.8. The fourth-order valence-electron chi connectivity index (χ4n) is 5.61. The number of fused-ring (bicyclic) bond motifs is 1. The van der Waals surface area contributed by atoms with E-state index in [9.17, 15) is 19.2 Å². The lowest BCUT2D eigenvalue weighted by atomic mass is 9.84. The van der Waals surface area contributed by atoms with Gasteiger partial charge in [-0.2, -0.15) is 0 Å². The molecule has 232 valence electrons. The van der Waals surface area contributed by atoms with Crippen LogP contribution in [0.25, 0.3) is 10.1 Å². The molecule has 10 nitrogen and oxygen atoms in total. The SMILES string of the molecule is CCCC[C@H](CC(=O)NO)C(=O)NC(Cc1csc2ccccc12)C(=O)N[C@@H](CC1CCCCC1)C(=O)NCCOC. The number of unbranched alkanes of at least 4 members (excludes halogenated alkanes) is 1. The first-order chi connectivity index (χ1) is 20.4. The van der Waals surface area contributed by atoms with Gasteiger partial charge >= 0.3 is 0 Å². The average molecular weight is 603 g/mol. The number of carbonyl (C=O) groups is 4.